The van der Waals surface area contributed by atoms with Crippen molar-refractivity contribution in [2.75, 3.05) is 33.3 Å². The highest BCUT2D eigenvalue weighted by Crippen LogP contribution is 2.39. The van der Waals surface area contributed by atoms with Gasteiger partial charge in [0, 0.05) is 38.0 Å². The molecule has 1 unspecified atom stereocenters. The maximum atomic E-state index is 12.8. The third-order valence-electron chi connectivity index (χ3n) is 7.02. The van der Waals surface area contributed by atoms with Crippen LogP contribution in [0.4, 0.5) is 0 Å². The van der Waals surface area contributed by atoms with Crippen LogP contribution in [0.5, 0.6) is 5.75 Å². The van der Waals surface area contributed by atoms with E-state index in [4.69, 9.17) is 4.74 Å². The molecule has 2 heterocycles. The summed E-state index contributed by atoms with van der Waals surface area (Å²) in [6, 6.07) is 19.0. The number of rotatable bonds is 8. The fourth-order valence-electron chi connectivity index (χ4n) is 5.36. The molecule has 0 saturated carbocycles. The Labute approximate surface area is 187 Å². The van der Waals surface area contributed by atoms with Crippen molar-refractivity contribution in [2.45, 2.75) is 51.5 Å². The lowest BCUT2D eigenvalue weighted by molar-refractivity contribution is -0.130. The van der Waals surface area contributed by atoms with Gasteiger partial charge in [0.05, 0.1) is 7.11 Å². The molecular formula is C27H36N2O2. The minimum atomic E-state index is 0.289. The zero-order chi connectivity index (χ0) is 21.5. The molecule has 0 aromatic heterocycles. The van der Waals surface area contributed by atoms with Crippen molar-refractivity contribution in [3.05, 3.63) is 65.7 Å². The average Bonchev–Trinajstić information content (AvgIpc) is 3.20. The zero-order valence-corrected chi connectivity index (χ0v) is 18.9. The molecule has 2 fully saturated rings. The molecule has 0 radical (unpaired) electrons. The van der Waals surface area contributed by atoms with Gasteiger partial charge in [-0.3, -0.25) is 9.69 Å². The van der Waals surface area contributed by atoms with Gasteiger partial charge in [-0.05, 0) is 68.3 Å². The summed E-state index contributed by atoms with van der Waals surface area (Å²) in [4.78, 5) is 17.6. The molecule has 166 valence electrons. The number of hydrogen-bond donors (Lipinski definition) is 0. The number of ether oxygens (including phenoxy) is 1. The summed E-state index contributed by atoms with van der Waals surface area (Å²) in [6.07, 6.45) is 7.45. The number of amides is 1. The van der Waals surface area contributed by atoms with Gasteiger partial charge in [0.2, 0.25) is 5.91 Å². The number of methoxy groups -OCH3 is 1. The van der Waals surface area contributed by atoms with Crippen LogP contribution in [0, 0.1) is 5.41 Å². The first-order valence-electron chi connectivity index (χ1n) is 11.8. The first kappa shape index (κ1) is 21.9. The number of carbonyl (C=O) groups is 1. The molecule has 0 N–H and O–H groups in total. The largest absolute Gasteiger partial charge is 0.497 e. The van der Waals surface area contributed by atoms with Gasteiger partial charge in [-0.1, -0.05) is 42.5 Å². The van der Waals surface area contributed by atoms with Crippen LogP contribution in [0.2, 0.25) is 0 Å². The summed E-state index contributed by atoms with van der Waals surface area (Å²) in [5, 5.41) is 0. The highest BCUT2D eigenvalue weighted by Gasteiger charge is 2.42. The molecule has 4 rings (SSSR count). The van der Waals surface area contributed by atoms with Gasteiger partial charge in [-0.15, -0.1) is 0 Å². The highest BCUT2D eigenvalue weighted by molar-refractivity contribution is 5.76. The van der Waals surface area contributed by atoms with E-state index in [-0.39, 0.29) is 5.41 Å². The molecule has 4 nitrogen and oxygen atoms in total. The molecule has 1 spiro atoms. The second-order valence-electron chi connectivity index (χ2n) is 9.42. The number of piperidine rings is 1. The van der Waals surface area contributed by atoms with E-state index in [1.165, 1.54) is 24.0 Å². The third kappa shape index (κ3) is 5.88. The zero-order valence-electron chi connectivity index (χ0n) is 18.9. The van der Waals surface area contributed by atoms with Crippen LogP contribution >= 0.6 is 0 Å². The molecular weight excluding hydrogens is 384 g/mol. The smallest absolute Gasteiger partial charge is 0.222 e. The van der Waals surface area contributed by atoms with Gasteiger partial charge >= 0.3 is 0 Å². The van der Waals surface area contributed by atoms with Gasteiger partial charge in [0.25, 0.3) is 0 Å². The summed E-state index contributed by atoms with van der Waals surface area (Å²) < 4.78 is 5.38. The first-order valence-corrected chi connectivity index (χ1v) is 11.8. The lowest BCUT2D eigenvalue weighted by atomic mass is 9.79. The lowest BCUT2D eigenvalue weighted by Crippen LogP contribution is -2.45. The summed E-state index contributed by atoms with van der Waals surface area (Å²) in [5.41, 5.74) is 2.96. The number of nitrogens with zero attached hydrogens (tertiary/aromatic N) is 2. The molecule has 2 aromatic carbocycles. The molecule has 31 heavy (non-hydrogen) atoms. The summed E-state index contributed by atoms with van der Waals surface area (Å²) in [5.74, 6) is 1.28. The van der Waals surface area contributed by atoms with Crippen molar-refractivity contribution in [1.82, 2.24) is 9.80 Å². The third-order valence-corrected chi connectivity index (χ3v) is 7.02. The van der Waals surface area contributed by atoms with E-state index in [0.717, 1.165) is 64.2 Å². The fourth-order valence-corrected chi connectivity index (χ4v) is 5.36. The van der Waals surface area contributed by atoms with E-state index in [2.05, 4.69) is 58.3 Å². The van der Waals surface area contributed by atoms with Crippen molar-refractivity contribution in [3.8, 4) is 5.75 Å². The minimum absolute atomic E-state index is 0.289. The van der Waals surface area contributed by atoms with Crippen molar-refractivity contribution in [3.63, 3.8) is 0 Å². The van der Waals surface area contributed by atoms with Crippen molar-refractivity contribution in [1.29, 1.82) is 0 Å². The average molecular weight is 421 g/mol. The van der Waals surface area contributed by atoms with Crippen LogP contribution in [0.1, 0.15) is 49.7 Å². The lowest BCUT2D eigenvalue weighted by Gasteiger charge is -2.40. The number of unbranched alkanes of at least 4 members (excludes halogenated alkanes) is 1. The van der Waals surface area contributed by atoms with E-state index >= 15 is 0 Å². The summed E-state index contributed by atoms with van der Waals surface area (Å²) in [6.45, 7) is 5.09. The molecule has 0 bridgehead atoms. The van der Waals surface area contributed by atoms with Gasteiger partial charge in [0.1, 0.15) is 5.75 Å². The van der Waals surface area contributed by atoms with Crippen LogP contribution < -0.4 is 4.74 Å². The Hall–Kier alpha value is -2.33. The summed E-state index contributed by atoms with van der Waals surface area (Å²) >= 11 is 0. The number of benzene rings is 2. The second-order valence-corrected chi connectivity index (χ2v) is 9.42. The van der Waals surface area contributed by atoms with Crippen LogP contribution in [-0.2, 0) is 17.8 Å². The van der Waals surface area contributed by atoms with Gasteiger partial charge in [0.15, 0.2) is 0 Å². The van der Waals surface area contributed by atoms with E-state index in [0.29, 0.717) is 12.3 Å². The maximum absolute atomic E-state index is 12.8. The quantitative estimate of drug-likeness (QED) is 0.568. The molecule has 4 heteroatoms. The van der Waals surface area contributed by atoms with Crippen LogP contribution in [0.3, 0.4) is 0 Å². The SMILES string of the molecule is COc1cccc(CN2CCCC3(CCN(C(=O)CCCCc4ccccc4)C3)C2)c1. The number of aryl methyl sites for hydroxylation is 1. The van der Waals surface area contributed by atoms with Crippen LogP contribution in [0.15, 0.2) is 54.6 Å². The molecule has 2 aliphatic heterocycles. The van der Waals surface area contributed by atoms with Crippen molar-refractivity contribution in [2.24, 2.45) is 5.41 Å². The van der Waals surface area contributed by atoms with Gasteiger partial charge in [-0.25, -0.2) is 0 Å². The monoisotopic (exact) mass is 420 g/mol. The topological polar surface area (TPSA) is 32.8 Å². The minimum Gasteiger partial charge on any atom is -0.497 e. The molecule has 2 saturated heterocycles. The number of hydrogen-bond acceptors (Lipinski definition) is 3. The van der Waals surface area contributed by atoms with Gasteiger partial charge in [-0.2, -0.15) is 0 Å². The predicted octanol–water partition coefficient (Wildman–Crippen LogP) is 4.92. The Balaban J connectivity index is 1.24. The Kier molecular flexibility index (Phi) is 7.29. The van der Waals surface area contributed by atoms with Gasteiger partial charge < -0.3 is 9.64 Å². The number of carbonyl (C=O) groups excluding carboxylic acids is 1. The predicted molar refractivity (Wildman–Crippen MR) is 125 cm³/mol. The van der Waals surface area contributed by atoms with Crippen molar-refractivity contribution >= 4 is 5.91 Å². The van der Waals surface area contributed by atoms with E-state index in [1.807, 2.05) is 6.07 Å². The maximum Gasteiger partial charge on any atom is 0.222 e. The molecule has 1 amide bonds. The Morgan fingerprint density at radius 2 is 1.81 bits per heavy atom. The molecule has 2 aromatic rings. The van der Waals surface area contributed by atoms with Crippen LogP contribution in [-0.4, -0.2) is 49.0 Å². The van der Waals surface area contributed by atoms with Crippen LogP contribution in [0.25, 0.3) is 0 Å². The normalized spacial score (nSPS) is 21.5. The fraction of sp³-hybridized carbons (Fsp3) is 0.519. The van der Waals surface area contributed by atoms with E-state index in [1.54, 1.807) is 7.11 Å². The Bertz CT molecular complexity index is 853. The van der Waals surface area contributed by atoms with E-state index in [9.17, 15) is 4.79 Å². The Morgan fingerprint density at radius 3 is 2.65 bits per heavy atom. The van der Waals surface area contributed by atoms with Crippen molar-refractivity contribution < 1.29 is 9.53 Å². The molecule has 2 aliphatic rings. The molecule has 0 aliphatic carbocycles. The highest BCUT2D eigenvalue weighted by atomic mass is 16.5. The Morgan fingerprint density at radius 1 is 0.968 bits per heavy atom. The summed E-state index contributed by atoms with van der Waals surface area (Å²) in [7, 11) is 1.72. The number of likely N-dealkylation sites (tertiary alicyclic amines) is 2. The second kappa shape index (κ2) is 10.3. The first-order chi connectivity index (χ1) is 15.2. The standard InChI is InChI=1S/C27H36N2O2/c1-31-25-13-7-12-24(19-25)20-28-17-8-15-27(21-28)16-18-29(22-27)26(30)14-6-5-11-23-9-3-2-4-10-23/h2-4,7,9-10,12-13,19H,5-6,8,11,14-18,20-22H2,1H3. The molecule has 1 atom stereocenters. The van der Waals surface area contributed by atoms with E-state index < -0.39 is 0 Å².